The van der Waals surface area contributed by atoms with Gasteiger partial charge in [0, 0.05) is 30.5 Å². The van der Waals surface area contributed by atoms with Crippen molar-refractivity contribution in [3.63, 3.8) is 0 Å². The predicted molar refractivity (Wildman–Crippen MR) is 123 cm³/mol. The van der Waals surface area contributed by atoms with Crippen LogP contribution in [0.3, 0.4) is 0 Å². The normalized spacial score (nSPS) is 10.8. The number of benzene rings is 3. The fraction of sp³-hybridized carbons (Fsp3) is 0.154. The molecule has 5 nitrogen and oxygen atoms in total. The van der Waals surface area contributed by atoms with Gasteiger partial charge in [0.25, 0.3) is 5.91 Å². The number of amides is 2. The Labute approximate surface area is 185 Å². The zero-order valence-corrected chi connectivity index (χ0v) is 17.6. The van der Waals surface area contributed by atoms with Gasteiger partial charge in [0.15, 0.2) is 0 Å². The lowest BCUT2D eigenvalue weighted by atomic mass is 10.1. The standard InChI is InChI=1S/C26H24FN3O2/c27-22-11-6-9-20(15-22)16-25(31)28-13-14-29-26(32)24-17-21-10-4-5-12-23(21)30(24)18-19-7-2-1-3-8-19/h1-12,15,17H,13-14,16,18H2,(H,28,31)(H,29,32). The quantitative estimate of drug-likeness (QED) is 0.417. The van der Waals surface area contributed by atoms with E-state index in [1.165, 1.54) is 12.1 Å². The Bertz CT molecular complexity index is 1230. The highest BCUT2D eigenvalue weighted by atomic mass is 19.1. The number of fused-ring (bicyclic) bond motifs is 1. The van der Waals surface area contributed by atoms with Crippen molar-refractivity contribution in [3.05, 3.63) is 108 Å². The average molecular weight is 429 g/mol. The molecule has 2 N–H and O–H groups in total. The van der Waals surface area contributed by atoms with E-state index in [0.29, 0.717) is 30.9 Å². The molecule has 3 aromatic carbocycles. The van der Waals surface area contributed by atoms with Crippen LogP contribution in [-0.2, 0) is 17.8 Å². The first-order chi connectivity index (χ1) is 15.6. The maximum atomic E-state index is 13.2. The predicted octanol–water partition coefficient (Wildman–Crippen LogP) is 3.92. The fourth-order valence-electron chi connectivity index (χ4n) is 3.70. The van der Waals surface area contributed by atoms with Gasteiger partial charge in [-0.2, -0.15) is 0 Å². The summed E-state index contributed by atoms with van der Waals surface area (Å²) in [6.07, 6.45) is 0.0943. The summed E-state index contributed by atoms with van der Waals surface area (Å²) in [5.41, 5.74) is 3.27. The molecule has 0 saturated heterocycles. The number of halogens is 1. The first-order valence-corrected chi connectivity index (χ1v) is 10.5. The Morgan fingerprint density at radius 3 is 2.31 bits per heavy atom. The van der Waals surface area contributed by atoms with Crippen molar-refractivity contribution in [2.45, 2.75) is 13.0 Å². The molecule has 162 valence electrons. The summed E-state index contributed by atoms with van der Waals surface area (Å²) in [4.78, 5) is 25.0. The van der Waals surface area contributed by atoms with Crippen LogP contribution in [0.1, 0.15) is 21.6 Å². The molecule has 0 unspecified atom stereocenters. The van der Waals surface area contributed by atoms with E-state index in [1.54, 1.807) is 12.1 Å². The van der Waals surface area contributed by atoms with E-state index in [9.17, 15) is 14.0 Å². The van der Waals surface area contributed by atoms with E-state index in [4.69, 9.17) is 0 Å². The van der Waals surface area contributed by atoms with Gasteiger partial charge in [-0.3, -0.25) is 9.59 Å². The topological polar surface area (TPSA) is 63.1 Å². The van der Waals surface area contributed by atoms with Gasteiger partial charge in [0.05, 0.1) is 6.42 Å². The minimum absolute atomic E-state index is 0.0943. The average Bonchev–Trinajstić information content (AvgIpc) is 3.16. The molecule has 0 saturated carbocycles. The van der Waals surface area contributed by atoms with Crippen molar-refractivity contribution in [2.75, 3.05) is 13.1 Å². The first-order valence-electron chi connectivity index (χ1n) is 10.5. The molecule has 0 fully saturated rings. The van der Waals surface area contributed by atoms with Crippen LogP contribution in [0.5, 0.6) is 0 Å². The van der Waals surface area contributed by atoms with Gasteiger partial charge in [-0.05, 0) is 35.4 Å². The number of carbonyl (C=O) groups is 2. The van der Waals surface area contributed by atoms with Gasteiger partial charge >= 0.3 is 0 Å². The molecule has 4 rings (SSSR count). The smallest absolute Gasteiger partial charge is 0.268 e. The van der Waals surface area contributed by atoms with Crippen molar-refractivity contribution in [1.82, 2.24) is 15.2 Å². The zero-order chi connectivity index (χ0) is 22.3. The lowest BCUT2D eigenvalue weighted by Gasteiger charge is -2.12. The number of nitrogens with one attached hydrogen (secondary N) is 2. The lowest BCUT2D eigenvalue weighted by Crippen LogP contribution is -2.36. The van der Waals surface area contributed by atoms with Crippen LogP contribution in [0.25, 0.3) is 10.9 Å². The van der Waals surface area contributed by atoms with Crippen LogP contribution in [0, 0.1) is 5.82 Å². The SMILES string of the molecule is O=C(Cc1cccc(F)c1)NCCNC(=O)c1cc2ccccc2n1Cc1ccccc1. The summed E-state index contributed by atoms with van der Waals surface area (Å²) in [5, 5.41) is 6.63. The van der Waals surface area contributed by atoms with Gasteiger partial charge < -0.3 is 15.2 Å². The number of hydrogen-bond donors (Lipinski definition) is 2. The second-order valence-electron chi connectivity index (χ2n) is 7.57. The highest BCUT2D eigenvalue weighted by Gasteiger charge is 2.15. The lowest BCUT2D eigenvalue weighted by molar-refractivity contribution is -0.120. The largest absolute Gasteiger partial charge is 0.354 e. The van der Waals surface area contributed by atoms with Crippen LogP contribution in [-0.4, -0.2) is 29.5 Å². The molecule has 6 heteroatoms. The Balaban J connectivity index is 1.37. The third-order valence-electron chi connectivity index (χ3n) is 5.21. The maximum absolute atomic E-state index is 13.2. The molecule has 0 atom stereocenters. The monoisotopic (exact) mass is 429 g/mol. The van der Waals surface area contributed by atoms with E-state index < -0.39 is 0 Å². The Morgan fingerprint density at radius 2 is 1.50 bits per heavy atom. The zero-order valence-electron chi connectivity index (χ0n) is 17.6. The molecule has 1 aromatic heterocycles. The van der Waals surface area contributed by atoms with Crippen LogP contribution in [0.4, 0.5) is 4.39 Å². The van der Waals surface area contributed by atoms with E-state index in [0.717, 1.165) is 16.5 Å². The summed E-state index contributed by atoms with van der Waals surface area (Å²) in [6.45, 7) is 1.17. The molecule has 0 aliphatic rings. The molecule has 1 heterocycles. The summed E-state index contributed by atoms with van der Waals surface area (Å²) >= 11 is 0. The van der Waals surface area contributed by atoms with Crippen molar-refractivity contribution in [2.24, 2.45) is 0 Å². The third-order valence-corrected chi connectivity index (χ3v) is 5.21. The highest BCUT2D eigenvalue weighted by Crippen LogP contribution is 2.21. The molecule has 0 aliphatic heterocycles. The number of aromatic nitrogens is 1. The molecule has 2 amide bonds. The summed E-state index contributed by atoms with van der Waals surface area (Å²) in [6, 6.07) is 25.7. The second-order valence-corrected chi connectivity index (χ2v) is 7.57. The minimum atomic E-state index is -0.367. The molecule has 0 bridgehead atoms. The second kappa shape index (κ2) is 9.92. The number of rotatable bonds is 8. The first kappa shape index (κ1) is 21.3. The summed E-state index contributed by atoms with van der Waals surface area (Å²) in [5.74, 6) is -0.784. The van der Waals surface area contributed by atoms with Crippen LogP contribution in [0.15, 0.2) is 84.9 Å². The number of para-hydroxylation sites is 1. The molecule has 0 aliphatic carbocycles. The van der Waals surface area contributed by atoms with Crippen LogP contribution < -0.4 is 10.6 Å². The molecule has 0 radical (unpaired) electrons. The molecular weight excluding hydrogens is 405 g/mol. The number of hydrogen-bond acceptors (Lipinski definition) is 2. The summed E-state index contributed by atoms with van der Waals surface area (Å²) < 4.78 is 15.2. The van der Waals surface area contributed by atoms with E-state index in [1.807, 2.05) is 65.2 Å². The molecule has 4 aromatic rings. The van der Waals surface area contributed by atoms with Gasteiger partial charge in [-0.15, -0.1) is 0 Å². The Hall–Kier alpha value is -3.93. The Morgan fingerprint density at radius 1 is 0.781 bits per heavy atom. The fourth-order valence-corrected chi connectivity index (χ4v) is 3.70. The van der Waals surface area contributed by atoms with E-state index in [2.05, 4.69) is 10.6 Å². The van der Waals surface area contributed by atoms with Crippen LogP contribution >= 0.6 is 0 Å². The summed E-state index contributed by atoms with van der Waals surface area (Å²) in [7, 11) is 0. The molecule has 0 spiro atoms. The van der Waals surface area contributed by atoms with Crippen LogP contribution in [0.2, 0.25) is 0 Å². The van der Waals surface area contributed by atoms with Gasteiger partial charge in [-0.25, -0.2) is 4.39 Å². The van der Waals surface area contributed by atoms with Crippen molar-refractivity contribution in [1.29, 1.82) is 0 Å². The molecular formula is C26H24FN3O2. The van der Waals surface area contributed by atoms with Gasteiger partial charge in [0.2, 0.25) is 5.91 Å². The number of carbonyl (C=O) groups excluding carboxylic acids is 2. The highest BCUT2D eigenvalue weighted by molar-refractivity contribution is 5.98. The van der Waals surface area contributed by atoms with E-state index >= 15 is 0 Å². The van der Waals surface area contributed by atoms with E-state index in [-0.39, 0.29) is 24.1 Å². The minimum Gasteiger partial charge on any atom is -0.354 e. The number of nitrogens with zero attached hydrogens (tertiary/aromatic N) is 1. The van der Waals surface area contributed by atoms with Crippen molar-refractivity contribution >= 4 is 22.7 Å². The van der Waals surface area contributed by atoms with Gasteiger partial charge in [0.1, 0.15) is 11.5 Å². The maximum Gasteiger partial charge on any atom is 0.268 e. The third kappa shape index (κ3) is 5.21. The van der Waals surface area contributed by atoms with Crippen molar-refractivity contribution < 1.29 is 14.0 Å². The Kier molecular flexibility index (Phi) is 6.60. The van der Waals surface area contributed by atoms with Gasteiger partial charge in [-0.1, -0.05) is 60.7 Å². The molecule has 32 heavy (non-hydrogen) atoms. The van der Waals surface area contributed by atoms with Crippen molar-refractivity contribution in [3.8, 4) is 0 Å².